The van der Waals surface area contributed by atoms with Crippen molar-refractivity contribution in [2.75, 3.05) is 17.7 Å². The van der Waals surface area contributed by atoms with E-state index in [0.29, 0.717) is 22.5 Å². The van der Waals surface area contributed by atoms with Crippen LogP contribution in [0.25, 0.3) is 0 Å². The van der Waals surface area contributed by atoms with Gasteiger partial charge in [0.25, 0.3) is 0 Å². The number of ether oxygens (including phenoxy) is 1. The average molecular weight is 369 g/mol. The van der Waals surface area contributed by atoms with E-state index in [4.69, 9.17) is 16.3 Å². The highest BCUT2D eigenvalue weighted by Crippen LogP contribution is 2.30. The normalized spacial score (nSPS) is 10.5. The molecule has 0 bridgehead atoms. The lowest BCUT2D eigenvalue weighted by Gasteiger charge is -2.13. The molecule has 0 spiro atoms. The van der Waals surface area contributed by atoms with Crippen LogP contribution in [0.2, 0.25) is 5.02 Å². The van der Waals surface area contributed by atoms with E-state index < -0.39 is 0 Å². The van der Waals surface area contributed by atoms with E-state index in [1.165, 1.54) is 11.1 Å². The fourth-order valence-corrected chi connectivity index (χ4v) is 2.95. The highest BCUT2D eigenvalue weighted by atomic mass is 35.5. The summed E-state index contributed by atoms with van der Waals surface area (Å²) in [7, 11) is 1.62. The van der Waals surface area contributed by atoms with Gasteiger partial charge in [-0.15, -0.1) is 0 Å². The zero-order valence-corrected chi connectivity index (χ0v) is 16.0. The number of methoxy groups -OCH3 is 1. The topological polar surface area (TPSA) is 59.1 Å². The van der Waals surface area contributed by atoms with Crippen LogP contribution in [0, 0.1) is 20.8 Å². The molecule has 5 nitrogen and oxygen atoms in total. The predicted molar refractivity (Wildman–Crippen MR) is 107 cm³/mol. The van der Waals surface area contributed by atoms with Crippen LogP contribution in [-0.2, 0) is 0 Å². The Labute approximate surface area is 158 Å². The van der Waals surface area contributed by atoms with E-state index in [1.54, 1.807) is 19.2 Å². The quantitative estimate of drug-likeness (QED) is 0.618. The molecule has 3 rings (SSSR count). The molecule has 134 valence electrons. The summed E-state index contributed by atoms with van der Waals surface area (Å²) in [5.41, 5.74) is 4.91. The second-order valence-corrected chi connectivity index (χ2v) is 6.63. The first-order chi connectivity index (χ1) is 12.4. The number of aryl methyl sites for hydroxylation is 3. The van der Waals surface area contributed by atoms with Crippen LogP contribution < -0.4 is 15.4 Å². The molecule has 0 atom stereocenters. The van der Waals surface area contributed by atoms with Crippen molar-refractivity contribution in [1.82, 2.24) is 9.97 Å². The van der Waals surface area contributed by atoms with Gasteiger partial charge >= 0.3 is 0 Å². The fourth-order valence-electron chi connectivity index (χ4n) is 2.78. The Bertz CT molecular complexity index is 923. The van der Waals surface area contributed by atoms with Gasteiger partial charge in [-0.2, -0.15) is 4.98 Å². The van der Waals surface area contributed by atoms with Gasteiger partial charge in [0.2, 0.25) is 5.95 Å². The molecular formula is C20H21ClN4O. The first-order valence-corrected chi connectivity index (χ1v) is 8.62. The summed E-state index contributed by atoms with van der Waals surface area (Å²) in [6.07, 6.45) is 0. The monoisotopic (exact) mass is 368 g/mol. The number of rotatable bonds is 5. The van der Waals surface area contributed by atoms with Crippen LogP contribution in [0.3, 0.4) is 0 Å². The van der Waals surface area contributed by atoms with Gasteiger partial charge in [-0.05, 0) is 62.2 Å². The van der Waals surface area contributed by atoms with Gasteiger partial charge in [-0.1, -0.05) is 17.7 Å². The molecule has 6 heteroatoms. The smallest absolute Gasteiger partial charge is 0.229 e. The number of nitrogens with zero attached hydrogens (tertiary/aromatic N) is 2. The summed E-state index contributed by atoms with van der Waals surface area (Å²) in [5, 5.41) is 7.14. The molecule has 3 aromatic rings. The van der Waals surface area contributed by atoms with Crippen molar-refractivity contribution in [1.29, 1.82) is 0 Å². The molecule has 0 aliphatic carbocycles. The first-order valence-electron chi connectivity index (χ1n) is 8.24. The van der Waals surface area contributed by atoms with Gasteiger partial charge < -0.3 is 15.4 Å². The SMILES string of the molecule is COc1ccc(Cl)cc1Nc1cc(C)nc(Nc2cc(C)cc(C)c2)n1. The summed E-state index contributed by atoms with van der Waals surface area (Å²) in [6, 6.07) is 13.5. The maximum absolute atomic E-state index is 6.10. The van der Waals surface area contributed by atoms with Crippen molar-refractivity contribution in [2.45, 2.75) is 20.8 Å². The predicted octanol–water partition coefficient (Wildman–Crippen LogP) is 5.55. The maximum Gasteiger partial charge on any atom is 0.229 e. The summed E-state index contributed by atoms with van der Waals surface area (Å²) < 4.78 is 5.37. The van der Waals surface area contributed by atoms with Gasteiger partial charge in [0.1, 0.15) is 11.6 Å². The third-order valence-corrected chi connectivity index (χ3v) is 3.99. The van der Waals surface area contributed by atoms with E-state index in [0.717, 1.165) is 17.1 Å². The highest BCUT2D eigenvalue weighted by Gasteiger charge is 2.08. The van der Waals surface area contributed by atoms with Gasteiger partial charge in [0.15, 0.2) is 0 Å². The largest absolute Gasteiger partial charge is 0.495 e. The van der Waals surface area contributed by atoms with Crippen LogP contribution in [0.4, 0.5) is 23.1 Å². The van der Waals surface area contributed by atoms with Crippen molar-refractivity contribution < 1.29 is 4.74 Å². The van der Waals surface area contributed by atoms with Crippen molar-refractivity contribution in [3.63, 3.8) is 0 Å². The summed E-state index contributed by atoms with van der Waals surface area (Å²) in [4.78, 5) is 9.03. The Balaban J connectivity index is 1.89. The number of benzene rings is 2. The van der Waals surface area contributed by atoms with Crippen molar-refractivity contribution >= 4 is 34.7 Å². The Morgan fingerprint density at radius 1 is 0.885 bits per heavy atom. The average Bonchev–Trinajstić information content (AvgIpc) is 2.53. The third kappa shape index (κ3) is 4.43. The Hall–Kier alpha value is -2.79. The minimum atomic E-state index is 0.526. The minimum Gasteiger partial charge on any atom is -0.495 e. The van der Waals surface area contributed by atoms with Crippen molar-refractivity contribution in [3.05, 3.63) is 64.3 Å². The molecular weight excluding hydrogens is 348 g/mol. The van der Waals surface area contributed by atoms with Gasteiger partial charge in [0, 0.05) is 22.5 Å². The zero-order valence-electron chi connectivity index (χ0n) is 15.2. The lowest BCUT2D eigenvalue weighted by molar-refractivity contribution is 0.417. The van der Waals surface area contributed by atoms with Gasteiger partial charge in [0.05, 0.1) is 12.8 Å². The Morgan fingerprint density at radius 2 is 1.62 bits per heavy atom. The van der Waals surface area contributed by atoms with Crippen LogP contribution >= 0.6 is 11.6 Å². The maximum atomic E-state index is 6.10. The number of nitrogens with one attached hydrogen (secondary N) is 2. The summed E-state index contributed by atoms with van der Waals surface area (Å²) in [5.74, 6) is 1.87. The number of anilines is 4. The number of hydrogen-bond acceptors (Lipinski definition) is 5. The fraction of sp³-hybridized carbons (Fsp3) is 0.200. The van der Waals surface area contributed by atoms with Crippen LogP contribution in [0.15, 0.2) is 42.5 Å². The number of hydrogen-bond donors (Lipinski definition) is 2. The molecule has 0 unspecified atom stereocenters. The molecule has 0 radical (unpaired) electrons. The molecule has 2 N–H and O–H groups in total. The van der Waals surface area contributed by atoms with Gasteiger partial charge in [-0.3, -0.25) is 0 Å². The van der Waals surface area contributed by atoms with E-state index in [9.17, 15) is 0 Å². The lowest BCUT2D eigenvalue weighted by Crippen LogP contribution is -2.03. The van der Waals surface area contributed by atoms with E-state index in [1.807, 2.05) is 19.1 Å². The Morgan fingerprint density at radius 3 is 2.31 bits per heavy atom. The lowest BCUT2D eigenvalue weighted by atomic mass is 10.1. The molecule has 26 heavy (non-hydrogen) atoms. The van der Waals surface area contributed by atoms with Gasteiger partial charge in [-0.25, -0.2) is 4.98 Å². The zero-order chi connectivity index (χ0) is 18.7. The molecule has 2 aromatic carbocycles. The molecule has 0 fully saturated rings. The second-order valence-electron chi connectivity index (χ2n) is 6.19. The van der Waals surface area contributed by atoms with Crippen LogP contribution in [-0.4, -0.2) is 17.1 Å². The minimum absolute atomic E-state index is 0.526. The second kappa shape index (κ2) is 7.62. The first kappa shape index (κ1) is 18.0. The molecule has 0 amide bonds. The molecule has 0 aliphatic rings. The molecule has 1 heterocycles. The number of halogens is 1. The van der Waals surface area contributed by atoms with E-state index >= 15 is 0 Å². The van der Waals surface area contributed by atoms with E-state index in [2.05, 4.69) is 52.6 Å². The molecule has 1 aromatic heterocycles. The summed E-state index contributed by atoms with van der Waals surface area (Å²) >= 11 is 6.10. The van der Waals surface area contributed by atoms with Crippen LogP contribution in [0.5, 0.6) is 5.75 Å². The summed E-state index contributed by atoms with van der Waals surface area (Å²) in [6.45, 7) is 6.05. The van der Waals surface area contributed by atoms with Crippen molar-refractivity contribution in [2.24, 2.45) is 0 Å². The molecule has 0 aliphatic heterocycles. The highest BCUT2D eigenvalue weighted by molar-refractivity contribution is 6.31. The van der Waals surface area contributed by atoms with Crippen LogP contribution in [0.1, 0.15) is 16.8 Å². The molecule has 0 saturated carbocycles. The van der Waals surface area contributed by atoms with Crippen molar-refractivity contribution in [3.8, 4) is 5.75 Å². The van der Waals surface area contributed by atoms with E-state index in [-0.39, 0.29) is 0 Å². The standard InChI is InChI=1S/C20H21ClN4O/c1-12-7-13(2)9-16(8-12)23-20-22-14(3)10-19(25-20)24-17-11-15(21)5-6-18(17)26-4/h5-11H,1-4H3,(H2,22,23,24,25). The number of aromatic nitrogens is 2. The molecule has 0 saturated heterocycles. The Kier molecular flexibility index (Phi) is 5.28. The third-order valence-electron chi connectivity index (χ3n) is 3.76.